The van der Waals surface area contributed by atoms with E-state index in [1.165, 1.54) is 44.9 Å². The maximum absolute atomic E-state index is 10.4. The van der Waals surface area contributed by atoms with E-state index in [2.05, 4.69) is 47.6 Å². The Hall–Kier alpha value is -0.380. The smallest absolute Gasteiger partial charge is 0.0849 e. The first-order chi connectivity index (χ1) is 15.6. The molecule has 9 atom stereocenters. The standard InChI is InChI=1S/C31H54O3/c1-20(10-13-25(32)28(4,5)33)21-14-18-31(8)23-11-12-24-27(2,3)26(34-9)16-17-29(24,6)22(23)15-19-30(21,31)7/h15,20-21,23-26,32-33H,10-14,16-19H2,1-9H3/t20-,21-,23-,24+,25+,26+,29-,30-,31+/m1/s1. The largest absolute Gasteiger partial charge is 0.390 e. The number of aliphatic hydroxyl groups is 2. The minimum Gasteiger partial charge on any atom is -0.390 e. The summed E-state index contributed by atoms with van der Waals surface area (Å²) in [4.78, 5) is 0. The van der Waals surface area contributed by atoms with E-state index in [-0.39, 0.29) is 5.41 Å². The van der Waals surface area contributed by atoms with Gasteiger partial charge in [0.05, 0.1) is 17.8 Å². The van der Waals surface area contributed by atoms with Crippen molar-refractivity contribution in [2.24, 2.45) is 45.3 Å². The van der Waals surface area contributed by atoms with Crippen LogP contribution in [0.3, 0.4) is 0 Å². The predicted octanol–water partition coefficient (Wildman–Crippen LogP) is 7.15. The average molecular weight is 475 g/mol. The van der Waals surface area contributed by atoms with Crippen LogP contribution in [0.25, 0.3) is 0 Å². The zero-order valence-corrected chi connectivity index (χ0v) is 23.7. The third-order valence-electron chi connectivity index (χ3n) is 12.5. The van der Waals surface area contributed by atoms with Gasteiger partial charge in [0.1, 0.15) is 0 Å². The maximum Gasteiger partial charge on any atom is 0.0849 e. The highest BCUT2D eigenvalue weighted by Crippen LogP contribution is 2.73. The van der Waals surface area contributed by atoms with E-state index in [9.17, 15) is 10.2 Å². The van der Waals surface area contributed by atoms with Crippen molar-refractivity contribution in [2.45, 2.75) is 131 Å². The molecule has 4 aliphatic carbocycles. The molecule has 4 aliphatic rings. The van der Waals surface area contributed by atoms with Crippen LogP contribution in [0.4, 0.5) is 0 Å². The number of allylic oxidation sites excluding steroid dienone is 2. The summed E-state index contributed by atoms with van der Waals surface area (Å²) in [5.74, 6) is 2.67. The first-order valence-corrected chi connectivity index (χ1v) is 14.3. The van der Waals surface area contributed by atoms with Gasteiger partial charge in [-0.15, -0.1) is 0 Å². The second-order valence-electron chi connectivity index (χ2n) is 14.8. The van der Waals surface area contributed by atoms with Gasteiger partial charge in [0.15, 0.2) is 0 Å². The summed E-state index contributed by atoms with van der Waals surface area (Å²) < 4.78 is 5.99. The summed E-state index contributed by atoms with van der Waals surface area (Å²) in [5.41, 5.74) is 2.01. The van der Waals surface area contributed by atoms with E-state index in [4.69, 9.17) is 4.74 Å². The fraction of sp³-hybridized carbons (Fsp3) is 0.935. The first kappa shape index (κ1) is 26.7. The molecule has 0 saturated heterocycles. The van der Waals surface area contributed by atoms with Crippen LogP contribution < -0.4 is 0 Å². The van der Waals surface area contributed by atoms with Crippen LogP contribution >= 0.6 is 0 Å². The molecular weight excluding hydrogens is 420 g/mol. The Morgan fingerprint density at radius 1 is 1.00 bits per heavy atom. The fourth-order valence-corrected chi connectivity index (χ4v) is 10.1. The molecule has 0 aromatic heterocycles. The highest BCUT2D eigenvalue weighted by Gasteiger charge is 2.65. The first-order valence-electron chi connectivity index (χ1n) is 14.3. The van der Waals surface area contributed by atoms with Gasteiger partial charge in [-0.2, -0.15) is 0 Å². The van der Waals surface area contributed by atoms with Gasteiger partial charge in [0, 0.05) is 7.11 Å². The molecule has 3 nitrogen and oxygen atoms in total. The van der Waals surface area contributed by atoms with E-state index in [1.54, 1.807) is 19.4 Å². The SMILES string of the molecule is CO[C@H]1CC[C@]2(C)C3=CC[C@]4(C)[C@@H]([C@H](C)CC[C@H](O)C(C)(C)O)CC[C@@]4(C)[C@@H]3CC[C@H]2C1(C)C. The second-order valence-corrected chi connectivity index (χ2v) is 14.8. The lowest BCUT2D eigenvalue weighted by molar-refractivity contribution is -0.130. The van der Waals surface area contributed by atoms with Crippen LogP contribution in [-0.4, -0.2) is 35.1 Å². The molecule has 3 fully saturated rings. The van der Waals surface area contributed by atoms with Gasteiger partial charge in [0.2, 0.25) is 0 Å². The summed E-state index contributed by atoms with van der Waals surface area (Å²) in [6.07, 6.45) is 13.1. The second kappa shape index (κ2) is 8.59. The molecule has 0 spiro atoms. The molecule has 0 bridgehead atoms. The van der Waals surface area contributed by atoms with Crippen LogP contribution in [0.1, 0.15) is 113 Å². The van der Waals surface area contributed by atoms with Crippen molar-refractivity contribution in [2.75, 3.05) is 7.11 Å². The number of aliphatic hydroxyl groups excluding tert-OH is 1. The molecule has 0 aliphatic heterocycles. The van der Waals surface area contributed by atoms with Crippen molar-refractivity contribution in [1.82, 2.24) is 0 Å². The van der Waals surface area contributed by atoms with Crippen LogP contribution in [0.5, 0.6) is 0 Å². The maximum atomic E-state index is 10.4. The summed E-state index contributed by atoms with van der Waals surface area (Å²) in [6.45, 7) is 18.6. The zero-order valence-electron chi connectivity index (χ0n) is 23.7. The van der Waals surface area contributed by atoms with Gasteiger partial charge in [-0.3, -0.25) is 0 Å². The third kappa shape index (κ3) is 3.77. The van der Waals surface area contributed by atoms with E-state index >= 15 is 0 Å². The molecule has 0 amide bonds. The summed E-state index contributed by atoms with van der Waals surface area (Å²) >= 11 is 0. The normalized spacial score (nSPS) is 45.6. The lowest BCUT2D eigenvalue weighted by atomic mass is 9.41. The molecule has 3 heteroatoms. The lowest BCUT2D eigenvalue weighted by Crippen LogP contribution is -2.58. The van der Waals surface area contributed by atoms with Crippen LogP contribution in [-0.2, 0) is 4.74 Å². The van der Waals surface area contributed by atoms with E-state index in [1.807, 2.05) is 7.11 Å². The average Bonchev–Trinajstić information content (AvgIpc) is 3.02. The van der Waals surface area contributed by atoms with E-state index in [0.717, 1.165) is 6.42 Å². The van der Waals surface area contributed by atoms with Crippen molar-refractivity contribution >= 4 is 0 Å². The Labute approximate surface area is 210 Å². The predicted molar refractivity (Wildman–Crippen MR) is 140 cm³/mol. The number of hydrogen-bond donors (Lipinski definition) is 2. The van der Waals surface area contributed by atoms with Gasteiger partial charge in [-0.25, -0.2) is 0 Å². The number of hydrogen-bond acceptors (Lipinski definition) is 3. The number of rotatable bonds is 6. The highest BCUT2D eigenvalue weighted by atomic mass is 16.5. The van der Waals surface area contributed by atoms with E-state index in [0.29, 0.717) is 52.4 Å². The Balaban J connectivity index is 1.59. The molecule has 0 aromatic rings. The molecule has 3 saturated carbocycles. The van der Waals surface area contributed by atoms with Gasteiger partial charge in [-0.1, -0.05) is 53.2 Å². The Bertz CT molecular complexity index is 793. The molecular formula is C31H54O3. The minimum absolute atomic E-state index is 0.225. The fourth-order valence-electron chi connectivity index (χ4n) is 10.1. The lowest BCUT2D eigenvalue weighted by Gasteiger charge is -2.64. The highest BCUT2D eigenvalue weighted by molar-refractivity contribution is 5.32. The summed E-state index contributed by atoms with van der Waals surface area (Å²) in [7, 11) is 1.91. The van der Waals surface area contributed by atoms with Gasteiger partial charge < -0.3 is 14.9 Å². The van der Waals surface area contributed by atoms with Crippen LogP contribution in [0.2, 0.25) is 0 Å². The molecule has 0 unspecified atom stereocenters. The topological polar surface area (TPSA) is 49.7 Å². The van der Waals surface area contributed by atoms with Crippen molar-refractivity contribution in [3.8, 4) is 0 Å². The minimum atomic E-state index is -1.01. The molecule has 2 N–H and O–H groups in total. The van der Waals surface area contributed by atoms with Gasteiger partial charge in [0.25, 0.3) is 0 Å². The summed E-state index contributed by atoms with van der Waals surface area (Å²) in [6, 6.07) is 0. The molecule has 196 valence electrons. The van der Waals surface area contributed by atoms with Crippen LogP contribution in [0, 0.1) is 45.3 Å². The van der Waals surface area contributed by atoms with Crippen molar-refractivity contribution in [1.29, 1.82) is 0 Å². The molecule has 0 heterocycles. The molecule has 4 rings (SSSR count). The van der Waals surface area contributed by atoms with Crippen molar-refractivity contribution < 1.29 is 14.9 Å². The van der Waals surface area contributed by atoms with Gasteiger partial charge in [-0.05, 0) is 117 Å². The Kier molecular flexibility index (Phi) is 6.74. The number of ether oxygens (including phenoxy) is 1. The molecule has 34 heavy (non-hydrogen) atoms. The van der Waals surface area contributed by atoms with Crippen LogP contribution in [0.15, 0.2) is 11.6 Å². The summed E-state index contributed by atoms with van der Waals surface area (Å²) in [5, 5.41) is 20.6. The monoisotopic (exact) mass is 474 g/mol. The molecule has 0 radical (unpaired) electrons. The Morgan fingerprint density at radius 3 is 2.29 bits per heavy atom. The van der Waals surface area contributed by atoms with Gasteiger partial charge >= 0.3 is 0 Å². The Morgan fingerprint density at radius 2 is 1.68 bits per heavy atom. The third-order valence-corrected chi connectivity index (χ3v) is 12.5. The molecule has 0 aromatic carbocycles. The zero-order chi connectivity index (χ0) is 25.3. The van der Waals surface area contributed by atoms with Crippen molar-refractivity contribution in [3.63, 3.8) is 0 Å². The van der Waals surface area contributed by atoms with E-state index < -0.39 is 11.7 Å². The number of methoxy groups -OCH3 is 1. The van der Waals surface area contributed by atoms with Crippen molar-refractivity contribution in [3.05, 3.63) is 11.6 Å². The quantitative estimate of drug-likeness (QED) is 0.402. The number of fused-ring (bicyclic) bond motifs is 5.